The molecule has 1 N–H and O–H groups in total. The third-order valence-corrected chi connectivity index (χ3v) is 5.84. The van der Waals surface area contributed by atoms with Gasteiger partial charge in [-0.05, 0) is 61.6 Å². The topological polar surface area (TPSA) is 58.6 Å². The van der Waals surface area contributed by atoms with Crippen molar-refractivity contribution in [2.45, 2.75) is 47.2 Å². The molecule has 2 rings (SSSR count). The van der Waals surface area contributed by atoms with Gasteiger partial charge in [-0.25, -0.2) is 0 Å². The average Bonchev–Trinajstić information content (AvgIpc) is 2.71. The fourth-order valence-corrected chi connectivity index (χ4v) is 3.19. The molecular weight excluding hydrogens is 444 g/mol. The molecule has 0 bridgehead atoms. The molecule has 0 aliphatic carbocycles. The molecule has 0 heterocycles. The monoisotopic (exact) mass is 474 g/mol. The Morgan fingerprint density at radius 2 is 1.77 bits per heavy atom. The number of amides is 2. The maximum Gasteiger partial charge on any atom is 0.261 e. The third kappa shape index (κ3) is 6.87. The molecule has 6 heteroatoms. The van der Waals surface area contributed by atoms with Gasteiger partial charge in [0.1, 0.15) is 11.8 Å². The normalized spacial score (nSPS) is 11.8. The molecule has 0 radical (unpaired) electrons. The average molecular weight is 475 g/mol. The summed E-state index contributed by atoms with van der Waals surface area (Å²) in [6.07, 6.45) is 0. The highest BCUT2D eigenvalue weighted by Gasteiger charge is 2.27. The van der Waals surface area contributed by atoms with Crippen LogP contribution in [-0.4, -0.2) is 35.9 Å². The standard InChI is InChI=1S/C24H31BrN2O3/c1-16(2)13-26-24(29)19(5)27(14-20-9-7-6-8-17(20)3)23(28)15-30-21-10-11-22(25)18(4)12-21/h6-12,16,19H,13-15H2,1-5H3,(H,26,29)/t19-/m0/s1. The van der Waals surface area contributed by atoms with E-state index in [2.05, 4.69) is 21.2 Å². The molecule has 2 aromatic carbocycles. The summed E-state index contributed by atoms with van der Waals surface area (Å²) < 4.78 is 6.72. The van der Waals surface area contributed by atoms with Gasteiger partial charge in [-0.2, -0.15) is 0 Å². The van der Waals surface area contributed by atoms with Gasteiger partial charge in [-0.15, -0.1) is 0 Å². The Labute approximate surface area is 187 Å². The number of rotatable bonds is 9. The molecule has 0 spiro atoms. The van der Waals surface area contributed by atoms with Gasteiger partial charge in [0.25, 0.3) is 5.91 Å². The van der Waals surface area contributed by atoms with Gasteiger partial charge in [0, 0.05) is 17.6 Å². The Bertz CT molecular complexity index is 883. The summed E-state index contributed by atoms with van der Waals surface area (Å²) in [6, 6.07) is 12.9. The lowest BCUT2D eigenvalue weighted by molar-refractivity contribution is -0.142. The van der Waals surface area contributed by atoms with E-state index in [0.29, 0.717) is 24.8 Å². The minimum absolute atomic E-state index is 0.130. The number of aryl methyl sites for hydroxylation is 2. The summed E-state index contributed by atoms with van der Waals surface area (Å²) in [5, 5.41) is 2.93. The van der Waals surface area contributed by atoms with Crippen LogP contribution in [0.4, 0.5) is 0 Å². The molecule has 0 aliphatic rings. The van der Waals surface area contributed by atoms with Crippen molar-refractivity contribution in [1.29, 1.82) is 0 Å². The highest BCUT2D eigenvalue weighted by Crippen LogP contribution is 2.22. The predicted molar refractivity (Wildman–Crippen MR) is 123 cm³/mol. The Kier molecular flexibility index (Phi) is 8.90. The third-order valence-electron chi connectivity index (χ3n) is 4.95. The number of halogens is 1. The Morgan fingerprint density at radius 1 is 1.07 bits per heavy atom. The van der Waals surface area contributed by atoms with E-state index < -0.39 is 6.04 Å². The molecule has 0 aliphatic heterocycles. The van der Waals surface area contributed by atoms with Crippen molar-refractivity contribution in [2.75, 3.05) is 13.2 Å². The van der Waals surface area contributed by atoms with Crippen LogP contribution in [0.2, 0.25) is 0 Å². The number of hydrogen-bond donors (Lipinski definition) is 1. The summed E-state index contributed by atoms with van der Waals surface area (Å²) >= 11 is 3.46. The summed E-state index contributed by atoms with van der Waals surface area (Å²) in [5.41, 5.74) is 3.11. The second-order valence-corrected chi connectivity index (χ2v) is 8.82. The minimum atomic E-state index is -0.605. The summed E-state index contributed by atoms with van der Waals surface area (Å²) in [4.78, 5) is 27.3. The van der Waals surface area contributed by atoms with Crippen LogP contribution in [0.3, 0.4) is 0 Å². The van der Waals surface area contributed by atoms with Crippen molar-refractivity contribution in [3.8, 4) is 5.75 Å². The molecule has 0 unspecified atom stereocenters. The highest BCUT2D eigenvalue weighted by atomic mass is 79.9. The molecule has 162 valence electrons. The van der Waals surface area contributed by atoms with Gasteiger partial charge in [-0.1, -0.05) is 54.0 Å². The predicted octanol–water partition coefficient (Wildman–Crippen LogP) is 4.63. The molecule has 1 atom stereocenters. The smallest absolute Gasteiger partial charge is 0.261 e. The first-order valence-corrected chi connectivity index (χ1v) is 11.0. The van der Waals surface area contributed by atoms with Crippen LogP contribution >= 0.6 is 15.9 Å². The first-order valence-electron chi connectivity index (χ1n) is 10.2. The van der Waals surface area contributed by atoms with Crippen molar-refractivity contribution >= 4 is 27.7 Å². The molecule has 0 aromatic heterocycles. The number of carbonyl (C=O) groups excluding carboxylic acids is 2. The Hall–Kier alpha value is -2.34. The lowest BCUT2D eigenvalue weighted by atomic mass is 10.1. The van der Waals surface area contributed by atoms with Crippen LogP contribution in [0.5, 0.6) is 5.75 Å². The van der Waals surface area contributed by atoms with Gasteiger partial charge in [0.15, 0.2) is 6.61 Å². The molecule has 5 nitrogen and oxygen atoms in total. The molecule has 2 aromatic rings. The summed E-state index contributed by atoms with van der Waals surface area (Å²) in [5.74, 6) is 0.568. The highest BCUT2D eigenvalue weighted by molar-refractivity contribution is 9.10. The van der Waals surface area contributed by atoms with Crippen molar-refractivity contribution in [2.24, 2.45) is 5.92 Å². The maximum absolute atomic E-state index is 13.1. The number of nitrogens with zero attached hydrogens (tertiary/aromatic N) is 1. The van der Waals surface area contributed by atoms with E-state index in [9.17, 15) is 9.59 Å². The molecular formula is C24H31BrN2O3. The van der Waals surface area contributed by atoms with Gasteiger partial charge in [0.2, 0.25) is 5.91 Å². The van der Waals surface area contributed by atoms with Crippen molar-refractivity contribution in [3.63, 3.8) is 0 Å². The molecule has 0 saturated carbocycles. The van der Waals surface area contributed by atoms with Crippen LogP contribution in [0.25, 0.3) is 0 Å². The van der Waals surface area contributed by atoms with E-state index in [4.69, 9.17) is 4.74 Å². The first kappa shape index (κ1) is 23.9. The van der Waals surface area contributed by atoms with Crippen LogP contribution in [0.15, 0.2) is 46.9 Å². The second-order valence-electron chi connectivity index (χ2n) is 7.96. The Morgan fingerprint density at radius 3 is 2.40 bits per heavy atom. The zero-order valence-corrected chi connectivity index (χ0v) is 20.0. The second kappa shape index (κ2) is 11.2. The van der Waals surface area contributed by atoms with E-state index >= 15 is 0 Å². The zero-order chi connectivity index (χ0) is 22.3. The van der Waals surface area contributed by atoms with E-state index in [-0.39, 0.29) is 18.4 Å². The number of ether oxygens (including phenoxy) is 1. The fraction of sp³-hybridized carbons (Fsp3) is 0.417. The number of carbonyl (C=O) groups is 2. The van der Waals surface area contributed by atoms with Crippen molar-refractivity contribution in [3.05, 3.63) is 63.6 Å². The molecule has 0 saturated heterocycles. The zero-order valence-electron chi connectivity index (χ0n) is 18.4. The molecule has 30 heavy (non-hydrogen) atoms. The van der Waals surface area contributed by atoms with Gasteiger partial charge in [-0.3, -0.25) is 9.59 Å². The van der Waals surface area contributed by atoms with Gasteiger partial charge in [0.05, 0.1) is 0 Å². The fourth-order valence-electron chi connectivity index (χ4n) is 2.94. The molecule has 0 fully saturated rings. The SMILES string of the molecule is Cc1cc(OCC(=O)N(Cc2ccccc2C)[C@@H](C)C(=O)NCC(C)C)ccc1Br. The minimum Gasteiger partial charge on any atom is -0.484 e. The first-order chi connectivity index (χ1) is 14.2. The van der Waals surface area contributed by atoms with Crippen LogP contribution in [-0.2, 0) is 16.1 Å². The lowest BCUT2D eigenvalue weighted by Crippen LogP contribution is -2.49. The van der Waals surface area contributed by atoms with Gasteiger partial charge < -0.3 is 15.0 Å². The number of nitrogens with one attached hydrogen (secondary N) is 1. The van der Waals surface area contributed by atoms with Crippen LogP contribution in [0, 0.1) is 19.8 Å². The van der Waals surface area contributed by atoms with Gasteiger partial charge >= 0.3 is 0 Å². The van der Waals surface area contributed by atoms with E-state index in [0.717, 1.165) is 21.2 Å². The van der Waals surface area contributed by atoms with Crippen molar-refractivity contribution in [1.82, 2.24) is 10.2 Å². The maximum atomic E-state index is 13.1. The quantitative estimate of drug-likeness (QED) is 0.575. The van der Waals surface area contributed by atoms with Crippen molar-refractivity contribution < 1.29 is 14.3 Å². The van der Waals surface area contributed by atoms with E-state index in [1.807, 2.05) is 70.2 Å². The van der Waals surface area contributed by atoms with Crippen LogP contribution < -0.4 is 10.1 Å². The summed E-state index contributed by atoms with van der Waals surface area (Å²) in [7, 11) is 0. The lowest BCUT2D eigenvalue weighted by Gasteiger charge is -2.29. The summed E-state index contributed by atoms with van der Waals surface area (Å²) in [6.45, 7) is 10.6. The number of benzene rings is 2. The molecule has 2 amide bonds. The van der Waals surface area contributed by atoms with E-state index in [1.165, 1.54) is 0 Å². The van der Waals surface area contributed by atoms with Crippen LogP contribution in [0.1, 0.15) is 37.5 Å². The largest absolute Gasteiger partial charge is 0.484 e. The Balaban J connectivity index is 2.16. The van der Waals surface area contributed by atoms with E-state index in [1.54, 1.807) is 11.8 Å². The number of hydrogen-bond acceptors (Lipinski definition) is 3.